The van der Waals surface area contributed by atoms with Gasteiger partial charge in [-0.1, -0.05) is 17.3 Å². The van der Waals surface area contributed by atoms with Gasteiger partial charge in [-0.05, 0) is 49.7 Å². The van der Waals surface area contributed by atoms with E-state index in [1.807, 2.05) is 12.1 Å². The molecule has 6 rings (SSSR count). The minimum absolute atomic E-state index is 0.0313. The molecule has 1 amide bonds. The Kier molecular flexibility index (Phi) is 9.74. The van der Waals surface area contributed by atoms with Gasteiger partial charge in [-0.2, -0.15) is 0 Å². The molecule has 0 radical (unpaired) electrons. The van der Waals surface area contributed by atoms with Crippen LogP contribution >= 0.6 is 0 Å². The molecule has 1 aliphatic rings. The van der Waals surface area contributed by atoms with Crippen molar-refractivity contribution in [2.45, 2.75) is 13.3 Å². The van der Waals surface area contributed by atoms with Crippen molar-refractivity contribution >= 4 is 22.5 Å². The van der Waals surface area contributed by atoms with Crippen LogP contribution in [0.5, 0.6) is 28.7 Å². The first-order valence-corrected chi connectivity index (χ1v) is 15.2. The number of methoxy groups -OCH3 is 2. The van der Waals surface area contributed by atoms with Gasteiger partial charge in [0.1, 0.15) is 17.2 Å². The molecule has 0 aliphatic carbocycles. The van der Waals surface area contributed by atoms with Crippen LogP contribution in [-0.4, -0.2) is 84.5 Å². The van der Waals surface area contributed by atoms with Gasteiger partial charge in [0, 0.05) is 49.0 Å². The fourth-order valence-electron chi connectivity index (χ4n) is 5.33. The van der Waals surface area contributed by atoms with Crippen molar-refractivity contribution < 1.29 is 32.9 Å². The number of hydrogen-bond donors (Lipinski definition) is 1. The number of fused-ring (bicyclic) bond motifs is 1. The van der Waals surface area contributed by atoms with Gasteiger partial charge in [-0.15, -0.1) is 5.10 Å². The Labute approximate surface area is 271 Å². The first-order chi connectivity index (χ1) is 22.9. The third-order valence-electron chi connectivity index (χ3n) is 7.80. The summed E-state index contributed by atoms with van der Waals surface area (Å²) in [4.78, 5) is 19.9. The van der Waals surface area contributed by atoms with Crippen LogP contribution in [0.25, 0.3) is 16.6 Å². The number of nitrogens with zero attached hydrogens (tertiary/aromatic N) is 5. The van der Waals surface area contributed by atoms with E-state index in [9.17, 15) is 4.79 Å². The summed E-state index contributed by atoms with van der Waals surface area (Å²) >= 11 is 0. The molecule has 0 unspecified atom stereocenters. The van der Waals surface area contributed by atoms with Gasteiger partial charge < -0.3 is 29.0 Å². The summed E-state index contributed by atoms with van der Waals surface area (Å²) < 4.78 is 45.3. The number of carbonyl (C=O) groups excluding carboxylic acids is 1. The van der Waals surface area contributed by atoms with Gasteiger partial charge in [-0.3, -0.25) is 14.7 Å². The predicted molar refractivity (Wildman–Crippen MR) is 173 cm³/mol. The van der Waals surface area contributed by atoms with Crippen LogP contribution in [-0.2, 0) is 4.74 Å². The number of para-hydroxylation sites is 2. The van der Waals surface area contributed by atoms with Crippen molar-refractivity contribution in [3.8, 4) is 34.4 Å². The number of morpholine rings is 1. The number of carbonyl (C=O) groups is 1. The molecule has 12 nitrogen and oxygen atoms in total. The van der Waals surface area contributed by atoms with E-state index in [1.165, 1.54) is 16.8 Å². The lowest BCUT2D eigenvalue weighted by Gasteiger charge is -2.26. The molecule has 244 valence electrons. The Morgan fingerprint density at radius 3 is 2.55 bits per heavy atom. The molecule has 1 fully saturated rings. The van der Waals surface area contributed by atoms with E-state index in [1.54, 1.807) is 63.7 Å². The van der Waals surface area contributed by atoms with Gasteiger partial charge >= 0.3 is 0 Å². The van der Waals surface area contributed by atoms with Gasteiger partial charge in [0.25, 0.3) is 5.91 Å². The number of aromatic nitrogens is 4. The van der Waals surface area contributed by atoms with Crippen LogP contribution in [0.15, 0.2) is 66.9 Å². The Morgan fingerprint density at radius 2 is 1.77 bits per heavy atom. The maximum Gasteiger partial charge on any atom is 0.278 e. The first-order valence-electron chi connectivity index (χ1n) is 15.2. The molecule has 1 aliphatic heterocycles. The Balaban J connectivity index is 1.13. The number of halogens is 1. The summed E-state index contributed by atoms with van der Waals surface area (Å²) in [6, 6.07) is 16.6. The van der Waals surface area contributed by atoms with E-state index in [2.05, 4.69) is 25.5 Å². The molecule has 0 saturated carbocycles. The number of rotatable bonds is 12. The summed E-state index contributed by atoms with van der Waals surface area (Å²) in [6.45, 7) is 6.54. The van der Waals surface area contributed by atoms with E-state index in [0.29, 0.717) is 51.9 Å². The molecule has 2 aromatic heterocycles. The zero-order chi connectivity index (χ0) is 32.8. The summed E-state index contributed by atoms with van der Waals surface area (Å²) in [5.74, 6) is 0.795. The molecule has 5 aromatic rings. The molecule has 0 atom stereocenters. The van der Waals surface area contributed by atoms with Crippen LogP contribution in [0.1, 0.15) is 22.6 Å². The topological polar surface area (TPSA) is 122 Å². The molecule has 47 heavy (non-hydrogen) atoms. The van der Waals surface area contributed by atoms with Crippen molar-refractivity contribution in [2.75, 3.05) is 59.0 Å². The van der Waals surface area contributed by atoms with Crippen molar-refractivity contribution in [2.24, 2.45) is 0 Å². The van der Waals surface area contributed by atoms with Crippen molar-refractivity contribution in [1.29, 1.82) is 0 Å². The third-order valence-corrected chi connectivity index (χ3v) is 7.80. The number of amides is 1. The fraction of sp³-hybridized carbons (Fsp3) is 0.294. The standard InChI is InChI=1S/C34H35FN6O6/c1-22-33(38-39-41(22)27-7-4-5-8-30(27)43-2)34(42)37-23-9-10-29(25(35)19-23)47-28-11-12-36-26-21-32(31(44-3)20-24(26)28)46-16-6-13-40-14-17-45-18-15-40/h4-5,7-12,19-21H,6,13-18H2,1-3H3,(H,37,42). The molecular formula is C34H35FN6O6. The number of pyridine rings is 1. The fourth-order valence-corrected chi connectivity index (χ4v) is 5.33. The second-order valence-electron chi connectivity index (χ2n) is 10.8. The predicted octanol–water partition coefficient (Wildman–Crippen LogP) is 5.43. The summed E-state index contributed by atoms with van der Waals surface area (Å²) in [5, 5.41) is 11.5. The second kappa shape index (κ2) is 14.4. The Bertz CT molecular complexity index is 1880. The van der Waals surface area contributed by atoms with Crippen molar-refractivity contribution in [3.63, 3.8) is 0 Å². The minimum Gasteiger partial charge on any atom is -0.494 e. The average molecular weight is 643 g/mol. The zero-order valence-corrected chi connectivity index (χ0v) is 26.4. The normalized spacial score (nSPS) is 13.4. The lowest BCUT2D eigenvalue weighted by molar-refractivity contribution is 0.0357. The van der Waals surface area contributed by atoms with Crippen LogP contribution in [0.2, 0.25) is 0 Å². The number of ether oxygens (including phenoxy) is 5. The van der Waals surface area contributed by atoms with E-state index < -0.39 is 11.7 Å². The maximum absolute atomic E-state index is 15.3. The third kappa shape index (κ3) is 7.11. The monoisotopic (exact) mass is 642 g/mol. The molecule has 1 N–H and O–H groups in total. The SMILES string of the molecule is COc1cc2c(Oc3ccc(NC(=O)c4nnn(-c5ccccc5OC)c4C)cc3F)ccnc2cc1OCCCN1CCOCC1. The van der Waals surface area contributed by atoms with Crippen molar-refractivity contribution in [1.82, 2.24) is 24.9 Å². The van der Waals surface area contributed by atoms with Gasteiger partial charge in [0.15, 0.2) is 28.8 Å². The number of benzene rings is 3. The zero-order valence-electron chi connectivity index (χ0n) is 26.4. The van der Waals surface area contributed by atoms with Gasteiger partial charge in [-0.25, -0.2) is 9.07 Å². The Morgan fingerprint density at radius 1 is 0.957 bits per heavy atom. The number of anilines is 1. The highest BCUT2D eigenvalue weighted by Crippen LogP contribution is 2.38. The molecular weight excluding hydrogens is 607 g/mol. The molecule has 3 aromatic carbocycles. The lowest BCUT2D eigenvalue weighted by Crippen LogP contribution is -2.37. The lowest BCUT2D eigenvalue weighted by atomic mass is 10.1. The summed E-state index contributed by atoms with van der Waals surface area (Å²) in [6.07, 6.45) is 2.44. The maximum atomic E-state index is 15.3. The highest BCUT2D eigenvalue weighted by atomic mass is 19.1. The molecule has 0 bridgehead atoms. The van der Waals surface area contributed by atoms with Crippen LogP contribution in [0.3, 0.4) is 0 Å². The van der Waals surface area contributed by atoms with E-state index in [0.717, 1.165) is 39.3 Å². The highest BCUT2D eigenvalue weighted by molar-refractivity contribution is 6.03. The van der Waals surface area contributed by atoms with Crippen molar-refractivity contribution in [3.05, 3.63) is 84.1 Å². The molecule has 3 heterocycles. The number of nitrogens with one attached hydrogen (secondary N) is 1. The highest BCUT2D eigenvalue weighted by Gasteiger charge is 2.20. The van der Waals surface area contributed by atoms with E-state index >= 15 is 4.39 Å². The summed E-state index contributed by atoms with van der Waals surface area (Å²) in [7, 11) is 3.11. The first kappa shape index (κ1) is 31.7. The largest absolute Gasteiger partial charge is 0.494 e. The van der Waals surface area contributed by atoms with E-state index in [4.69, 9.17) is 23.7 Å². The molecule has 0 spiro atoms. The second-order valence-corrected chi connectivity index (χ2v) is 10.8. The molecule has 13 heteroatoms. The number of hydrogen-bond acceptors (Lipinski definition) is 10. The van der Waals surface area contributed by atoms with Crippen LogP contribution in [0, 0.1) is 12.7 Å². The average Bonchev–Trinajstić information content (AvgIpc) is 3.49. The smallest absolute Gasteiger partial charge is 0.278 e. The van der Waals surface area contributed by atoms with Crippen LogP contribution in [0.4, 0.5) is 10.1 Å². The van der Waals surface area contributed by atoms with Gasteiger partial charge in [0.05, 0.1) is 45.3 Å². The quantitative estimate of drug-likeness (QED) is 0.177. The van der Waals surface area contributed by atoms with Gasteiger partial charge in [0.2, 0.25) is 0 Å². The van der Waals surface area contributed by atoms with Crippen LogP contribution < -0.4 is 24.3 Å². The minimum atomic E-state index is -0.672. The summed E-state index contributed by atoms with van der Waals surface area (Å²) in [5.41, 5.74) is 2.05. The molecule has 1 saturated heterocycles. The Hall–Kier alpha value is -5.27. The van der Waals surface area contributed by atoms with E-state index in [-0.39, 0.29) is 17.1 Å².